The summed E-state index contributed by atoms with van der Waals surface area (Å²) in [5, 5.41) is 24.1. The number of hydrogen-bond acceptors (Lipinski definition) is 11. The average molecular weight is 639 g/mol. The molecule has 232 valence electrons. The fraction of sp³-hybridized carbons (Fsp3) is 0.323. The van der Waals surface area contributed by atoms with Crippen LogP contribution >= 0.6 is 22.7 Å². The Labute approximate surface area is 262 Å². The van der Waals surface area contributed by atoms with E-state index < -0.39 is 17.5 Å². The molecule has 44 heavy (non-hydrogen) atoms. The van der Waals surface area contributed by atoms with E-state index in [1.54, 1.807) is 56.4 Å². The van der Waals surface area contributed by atoms with Crippen molar-refractivity contribution in [2.24, 2.45) is 0 Å². The molecule has 2 aromatic carbocycles. The summed E-state index contributed by atoms with van der Waals surface area (Å²) in [7, 11) is 4.60. The number of phenols is 2. The number of aromatic hydroxyl groups is 2. The number of aromatic nitrogens is 2. The van der Waals surface area contributed by atoms with E-state index in [0.717, 1.165) is 4.70 Å². The Bertz CT molecular complexity index is 1830. The van der Waals surface area contributed by atoms with Gasteiger partial charge in [0, 0.05) is 66.5 Å². The van der Waals surface area contributed by atoms with Crippen LogP contribution in [-0.2, 0) is 14.9 Å². The zero-order valence-corrected chi connectivity index (χ0v) is 26.8. The Morgan fingerprint density at radius 3 is 2.43 bits per heavy atom. The van der Waals surface area contributed by atoms with Gasteiger partial charge in [-0.2, -0.15) is 0 Å². The van der Waals surface area contributed by atoms with Crippen molar-refractivity contribution in [3.8, 4) is 27.3 Å². The lowest BCUT2D eigenvalue weighted by Gasteiger charge is -2.29. The summed E-state index contributed by atoms with van der Waals surface area (Å²) in [5.74, 6) is -0.490. The van der Waals surface area contributed by atoms with Gasteiger partial charge in [-0.05, 0) is 24.6 Å². The zero-order valence-electron chi connectivity index (χ0n) is 25.2. The highest BCUT2D eigenvalue weighted by Crippen LogP contribution is 2.34. The molecule has 0 saturated heterocycles. The first-order valence-corrected chi connectivity index (χ1v) is 15.3. The number of fused-ring (bicyclic) bond motifs is 1. The van der Waals surface area contributed by atoms with Crippen LogP contribution in [0, 0.1) is 0 Å². The van der Waals surface area contributed by atoms with Gasteiger partial charge in [0.2, 0.25) is 5.91 Å². The predicted octanol–water partition coefficient (Wildman–Crippen LogP) is 4.09. The third kappa shape index (κ3) is 7.00. The fourth-order valence-corrected chi connectivity index (χ4v) is 6.47. The molecule has 0 bridgehead atoms. The Morgan fingerprint density at radius 1 is 1.02 bits per heavy atom. The first kappa shape index (κ1) is 32.4. The van der Waals surface area contributed by atoms with Crippen LogP contribution in [0.1, 0.15) is 42.7 Å². The van der Waals surface area contributed by atoms with Crippen LogP contribution in [0.25, 0.3) is 33.4 Å². The quantitative estimate of drug-likeness (QED) is 0.194. The smallest absolute Gasteiger partial charge is 0.414 e. The molecule has 0 saturated carbocycles. The minimum atomic E-state index is -0.815. The van der Waals surface area contributed by atoms with Crippen molar-refractivity contribution in [3.63, 3.8) is 0 Å². The van der Waals surface area contributed by atoms with E-state index in [4.69, 9.17) is 9.47 Å². The molecular formula is C31H34N4O7S2. The fourth-order valence-electron chi connectivity index (χ4n) is 4.65. The molecule has 0 aliphatic carbocycles. The summed E-state index contributed by atoms with van der Waals surface area (Å²) in [4.78, 5) is 49.4. The molecule has 13 heteroatoms. The summed E-state index contributed by atoms with van der Waals surface area (Å²) in [5.41, 5.74) is 0.500. The van der Waals surface area contributed by atoms with Gasteiger partial charge in [0.1, 0.15) is 17.2 Å². The number of methoxy groups -OCH3 is 1. The van der Waals surface area contributed by atoms with Crippen molar-refractivity contribution in [1.82, 2.24) is 19.8 Å². The lowest BCUT2D eigenvalue weighted by atomic mass is 9.79. The number of hydrogen-bond donors (Lipinski definition) is 2. The van der Waals surface area contributed by atoms with Gasteiger partial charge in [0.25, 0.3) is 0 Å². The summed E-state index contributed by atoms with van der Waals surface area (Å²) >= 11 is 2.66. The monoisotopic (exact) mass is 638 g/mol. The van der Waals surface area contributed by atoms with E-state index in [2.05, 4.69) is 23.1 Å². The lowest BCUT2D eigenvalue weighted by molar-refractivity contribution is -0.131. The molecule has 2 heterocycles. The van der Waals surface area contributed by atoms with Crippen LogP contribution in [-0.4, -0.2) is 82.2 Å². The number of ether oxygens (including phenoxy) is 2. The van der Waals surface area contributed by atoms with E-state index in [0.29, 0.717) is 46.4 Å². The minimum absolute atomic E-state index is 0.0666. The molecule has 0 aliphatic heterocycles. The van der Waals surface area contributed by atoms with Crippen molar-refractivity contribution in [3.05, 3.63) is 51.3 Å². The van der Waals surface area contributed by atoms with E-state index >= 15 is 0 Å². The second-order valence-electron chi connectivity index (χ2n) is 11.0. The highest BCUT2D eigenvalue weighted by molar-refractivity contribution is 7.25. The minimum Gasteiger partial charge on any atom is -0.507 e. The highest BCUT2D eigenvalue weighted by atomic mass is 32.1. The third-order valence-electron chi connectivity index (χ3n) is 7.10. The predicted molar refractivity (Wildman–Crippen MR) is 171 cm³/mol. The molecule has 2 N–H and O–H groups in total. The van der Waals surface area contributed by atoms with Crippen molar-refractivity contribution < 1.29 is 34.1 Å². The van der Waals surface area contributed by atoms with Gasteiger partial charge >= 0.3 is 12.1 Å². The van der Waals surface area contributed by atoms with E-state index in [9.17, 15) is 24.6 Å². The Morgan fingerprint density at radius 2 is 1.73 bits per heavy atom. The van der Waals surface area contributed by atoms with Crippen LogP contribution < -0.4 is 15.2 Å². The number of benzene rings is 2. The molecule has 4 rings (SSSR count). The highest BCUT2D eigenvalue weighted by Gasteiger charge is 2.30. The van der Waals surface area contributed by atoms with Crippen LogP contribution in [0.3, 0.4) is 0 Å². The van der Waals surface area contributed by atoms with Gasteiger partial charge in [0.15, 0.2) is 15.7 Å². The standard InChI is InChI=1S/C31H34N4O7S2/c1-17-13-22(36)18(2)25(26(17)38)31(3,4)15-24(37)34(5)11-8-12-35(6)30(40)42-19-9-10-20-23(14-19)44-28(32-20)27-33-21(16-43-27)29(39)41-7/h9-10,13-14,16,36,38H,1-2,8,11-12,15H2,3-7H3. The molecule has 0 unspecified atom stereocenters. The van der Waals surface area contributed by atoms with Gasteiger partial charge in [-0.15, -0.1) is 22.7 Å². The molecule has 0 spiro atoms. The second-order valence-corrected chi connectivity index (χ2v) is 12.8. The normalized spacial score (nSPS) is 11.4. The number of esters is 1. The van der Waals surface area contributed by atoms with Gasteiger partial charge in [-0.1, -0.05) is 27.0 Å². The number of rotatable bonds is 10. The number of nitrogens with zero attached hydrogens (tertiary/aromatic N) is 4. The van der Waals surface area contributed by atoms with Gasteiger partial charge in [-0.25, -0.2) is 19.6 Å². The first-order valence-electron chi connectivity index (χ1n) is 13.6. The summed E-state index contributed by atoms with van der Waals surface area (Å²) in [6, 6.07) is 6.48. The summed E-state index contributed by atoms with van der Waals surface area (Å²) in [6.07, 6.45) is 0.0310. The molecule has 0 aliphatic rings. The van der Waals surface area contributed by atoms with E-state index in [1.165, 1.54) is 40.7 Å². The Hall–Kier alpha value is -4.49. The molecular weight excluding hydrogens is 604 g/mol. The molecule has 2 amide bonds. The Balaban J connectivity index is 1.30. The maximum Gasteiger partial charge on any atom is 0.414 e. The van der Waals surface area contributed by atoms with Gasteiger partial charge in [-0.3, -0.25) is 4.79 Å². The number of thiazole rings is 2. The molecule has 2 aromatic heterocycles. The van der Waals surface area contributed by atoms with Crippen LogP contribution in [0.15, 0.2) is 29.6 Å². The lowest BCUT2D eigenvalue weighted by Crippen LogP contribution is -2.37. The zero-order chi connectivity index (χ0) is 32.3. The molecule has 0 radical (unpaired) electrons. The number of carbonyl (C=O) groups excluding carboxylic acids is 3. The molecule has 11 nitrogen and oxygen atoms in total. The van der Waals surface area contributed by atoms with Crippen LogP contribution in [0.2, 0.25) is 0 Å². The number of carbonyl (C=O) groups is 3. The third-order valence-corrected chi connectivity index (χ3v) is 9.11. The molecule has 0 fully saturated rings. The topological polar surface area (TPSA) is 142 Å². The van der Waals surface area contributed by atoms with Crippen molar-refractivity contribution in [2.75, 3.05) is 34.3 Å². The van der Waals surface area contributed by atoms with Crippen molar-refractivity contribution >= 4 is 64.0 Å². The van der Waals surface area contributed by atoms with Gasteiger partial charge in [0.05, 0.1) is 17.3 Å². The van der Waals surface area contributed by atoms with Crippen molar-refractivity contribution in [1.29, 1.82) is 0 Å². The number of amides is 2. The maximum atomic E-state index is 13.0. The Kier molecular flexibility index (Phi) is 9.59. The number of phenolic OH excluding ortho intramolecular Hbond substituents is 2. The average Bonchev–Trinajstić information content (AvgIpc) is 3.62. The van der Waals surface area contributed by atoms with E-state index in [-0.39, 0.29) is 40.0 Å². The van der Waals surface area contributed by atoms with Gasteiger partial charge < -0.3 is 29.5 Å². The van der Waals surface area contributed by atoms with Crippen LogP contribution in [0.4, 0.5) is 4.79 Å². The summed E-state index contributed by atoms with van der Waals surface area (Å²) < 4.78 is 11.1. The van der Waals surface area contributed by atoms with Crippen molar-refractivity contribution in [2.45, 2.75) is 32.1 Å². The SMILES string of the molecule is C=c1cc(O)c(=C)c(C(C)(C)CC(=O)N(C)CCCN(C)C(=O)Oc2ccc3nc(-c4nc(C(=O)OC)cs4)sc3c2)c1O. The molecule has 4 aromatic rings. The first-order chi connectivity index (χ1) is 20.7. The summed E-state index contributed by atoms with van der Waals surface area (Å²) in [6.45, 7) is 12.0. The van der Waals surface area contributed by atoms with Crippen LogP contribution in [0.5, 0.6) is 17.2 Å². The second kappa shape index (κ2) is 13.0. The van der Waals surface area contributed by atoms with E-state index in [1.807, 2.05) is 0 Å². The largest absolute Gasteiger partial charge is 0.507 e. The maximum absolute atomic E-state index is 13.0. The molecule has 0 atom stereocenters.